The van der Waals surface area contributed by atoms with Gasteiger partial charge in [-0.3, -0.25) is 9.59 Å². The maximum Gasteiger partial charge on any atom is 0.290 e. The topological polar surface area (TPSA) is 55.4 Å². The van der Waals surface area contributed by atoms with Crippen LogP contribution in [0.25, 0.3) is 0 Å². The first kappa shape index (κ1) is 13.3. The standard InChI is InChI=1S/C16H12FNO3/c17-11-6-2-3-7-12(11)18-16(20)15-9-13(19)10-5-1-4-8-14(10)21-15/h1-10,14H,(H,18,20). The number of para-hydroxylation sites is 1. The zero-order valence-electron chi connectivity index (χ0n) is 11.0. The highest BCUT2D eigenvalue weighted by molar-refractivity contribution is 6.08. The van der Waals surface area contributed by atoms with Gasteiger partial charge >= 0.3 is 0 Å². The number of hydrogen-bond donors (Lipinski definition) is 1. The fourth-order valence-corrected chi connectivity index (χ4v) is 2.23. The van der Waals surface area contributed by atoms with Gasteiger partial charge in [0.2, 0.25) is 0 Å². The summed E-state index contributed by atoms with van der Waals surface area (Å²) in [5, 5.41) is 2.39. The van der Waals surface area contributed by atoms with Gasteiger partial charge in [0.25, 0.3) is 5.91 Å². The molecule has 1 N–H and O–H groups in total. The van der Waals surface area contributed by atoms with Crippen molar-refractivity contribution in [2.75, 3.05) is 5.32 Å². The number of fused-ring (bicyclic) bond motifs is 1. The molecule has 1 amide bonds. The molecule has 2 unspecified atom stereocenters. The first-order valence-electron chi connectivity index (χ1n) is 6.48. The van der Waals surface area contributed by atoms with Crippen LogP contribution in [0, 0.1) is 11.7 Å². The van der Waals surface area contributed by atoms with E-state index in [1.54, 1.807) is 30.4 Å². The van der Waals surface area contributed by atoms with E-state index in [4.69, 9.17) is 4.74 Å². The Morgan fingerprint density at radius 2 is 1.95 bits per heavy atom. The highest BCUT2D eigenvalue weighted by atomic mass is 19.1. The SMILES string of the molecule is O=C(Nc1ccccc1F)C1=CC(=O)C2C=CC=CC2O1. The summed E-state index contributed by atoms with van der Waals surface area (Å²) in [4.78, 5) is 24.0. The lowest BCUT2D eigenvalue weighted by Gasteiger charge is -2.28. The second-order valence-corrected chi connectivity index (χ2v) is 4.72. The largest absolute Gasteiger partial charge is 0.479 e. The summed E-state index contributed by atoms with van der Waals surface area (Å²) in [6.07, 6.45) is 7.63. The van der Waals surface area contributed by atoms with Gasteiger partial charge in [0.05, 0.1) is 11.6 Å². The summed E-state index contributed by atoms with van der Waals surface area (Å²) in [5.74, 6) is -1.91. The number of nitrogens with one attached hydrogen (secondary N) is 1. The van der Waals surface area contributed by atoms with Crippen LogP contribution in [0.2, 0.25) is 0 Å². The molecule has 2 atom stereocenters. The third-order valence-corrected chi connectivity index (χ3v) is 3.30. The molecule has 0 aromatic heterocycles. The Balaban J connectivity index is 1.79. The van der Waals surface area contributed by atoms with E-state index in [1.807, 2.05) is 0 Å². The van der Waals surface area contributed by atoms with Crippen LogP contribution in [-0.2, 0) is 14.3 Å². The maximum atomic E-state index is 13.5. The molecule has 0 saturated carbocycles. The molecule has 3 rings (SSSR count). The van der Waals surface area contributed by atoms with Crippen LogP contribution >= 0.6 is 0 Å². The predicted molar refractivity (Wildman–Crippen MR) is 74.8 cm³/mol. The summed E-state index contributed by atoms with van der Waals surface area (Å²) in [5.41, 5.74) is 0.0423. The molecular weight excluding hydrogens is 273 g/mol. The molecule has 0 bridgehead atoms. The molecule has 0 fully saturated rings. The molecule has 0 spiro atoms. The van der Waals surface area contributed by atoms with Crippen molar-refractivity contribution >= 4 is 17.4 Å². The van der Waals surface area contributed by atoms with Gasteiger partial charge in [-0.15, -0.1) is 0 Å². The van der Waals surface area contributed by atoms with Crippen molar-refractivity contribution in [2.24, 2.45) is 5.92 Å². The Morgan fingerprint density at radius 1 is 1.19 bits per heavy atom. The lowest BCUT2D eigenvalue weighted by atomic mass is 9.91. The Morgan fingerprint density at radius 3 is 2.76 bits per heavy atom. The van der Waals surface area contributed by atoms with Crippen molar-refractivity contribution in [3.63, 3.8) is 0 Å². The van der Waals surface area contributed by atoms with Crippen LogP contribution in [0.5, 0.6) is 0 Å². The fourth-order valence-electron chi connectivity index (χ4n) is 2.23. The molecule has 1 aliphatic carbocycles. The molecule has 2 aliphatic rings. The van der Waals surface area contributed by atoms with Crippen molar-refractivity contribution in [1.82, 2.24) is 0 Å². The number of carbonyl (C=O) groups is 2. The van der Waals surface area contributed by atoms with Crippen molar-refractivity contribution in [2.45, 2.75) is 6.10 Å². The second-order valence-electron chi connectivity index (χ2n) is 4.72. The average Bonchev–Trinajstić information content (AvgIpc) is 2.49. The van der Waals surface area contributed by atoms with E-state index in [1.165, 1.54) is 18.2 Å². The van der Waals surface area contributed by atoms with Crippen LogP contribution < -0.4 is 5.32 Å². The minimum absolute atomic E-state index is 0.0423. The van der Waals surface area contributed by atoms with Crippen molar-refractivity contribution in [3.05, 3.63) is 66.2 Å². The van der Waals surface area contributed by atoms with Gasteiger partial charge in [0, 0.05) is 6.08 Å². The van der Waals surface area contributed by atoms with Gasteiger partial charge in [-0.2, -0.15) is 0 Å². The molecule has 1 aromatic rings. The van der Waals surface area contributed by atoms with Crippen LogP contribution in [0.15, 0.2) is 60.4 Å². The predicted octanol–water partition coefficient (Wildman–Crippen LogP) is 2.36. The van der Waals surface area contributed by atoms with Gasteiger partial charge < -0.3 is 10.1 Å². The molecule has 4 nitrogen and oxygen atoms in total. The quantitative estimate of drug-likeness (QED) is 0.907. The molecule has 5 heteroatoms. The number of halogens is 1. The number of rotatable bonds is 2. The minimum atomic E-state index is -0.644. The number of amides is 1. The van der Waals surface area contributed by atoms with Gasteiger partial charge in [-0.25, -0.2) is 4.39 Å². The van der Waals surface area contributed by atoms with E-state index in [-0.39, 0.29) is 17.2 Å². The maximum absolute atomic E-state index is 13.5. The normalized spacial score (nSPS) is 23.1. The summed E-state index contributed by atoms with van der Waals surface area (Å²) >= 11 is 0. The van der Waals surface area contributed by atoms with Crippen molar-refractivity contribution in [1.29, 1.82) is 0 Å². The lowest BCUT2D eigenvalue weighted by molar-refractivity contribution is -0.125. The molecule has 106 valence electrons. The highest BCUT2D eigenvalue weighted by Crippen LogP contribution is 2.26. The summed E-state index contributed by atoms with van der Waals surface area (Å²) in [6.45, 7) is 0. The summed E-state index contributed by atoms with van der Waals surface area (Å²) in [7, 11) is 0. The Kier molecular flexibility index (Phi) is 3.39. The van der Waals surface area contributed by atoms with E-state index in [9.17, 15) is 14.0 Å². The number of ether oxygens (including phenoxy) is 1. The van der Waals surface area contributed by atoms with Crippen molar-refractivity contribution in [3.8, 4) is 0 Å². The smallest absolute Gasteiger partial charge is 0.290 e. The first-order valence-corrected chi connectivity index (χ1v) is 6.48. The number of hydrogen-bond acceptors (Lipinski definition) is 3. The lowest BCUT2D eigenvalue weighted by Crippen LogP contribution is -2.35. The van der Waals surface area contributed by atoms with Gasteiger partial charge in [0.15, 0.2) is 11.5 Å². The second kappa shape index (κ2) is 5.36. The molecule has 21 heavy (non-hydrogen) atoms. The first-order chi connectivity index (χ1) is 10.1. The van der Waals surface area contributed by atoms with E-state index in [0.29, 0.717) is 0 Å². The Hall–Kier alpha value is -2.69. The number of allylic oxidation sites excluding steroid dienone is 3. The molecule has 0 radical (unpaired) electrons. The zero-order chi connectivity index (χ0) is 14.8. The molecule has 1 aromatic carbocycles. The number of benzene rings is 1. The van der Waals surface area contributed by atoms with E-state index < -0.39 is 23.7 Å². The third-order valence-electron chi connectivity index (χ3n) is 3.30. The number of carbonyl (C=O) groups excluding carboxylic acids is 2. The van der Waals surface area contributed by atoms with Gasteiger partial charge in [0.1, 0.15) is 11.9 Å². The molecule has 0 saturated heterocycles. The third kappa shape index (κ3) is 2.63. The summed E-state index contributed by atoms with van der Waals surface area (Å²) < 4.78 is 19.0. The van der Waals surface area contributed by atoms with Gasteiger partial charge in [-0.1, -0.05) is 30.4 Å². The molecular formula is C16H12FNO3. The van der Waals surface area contributed by atoms with E-state index in [0.717, 1.165) is 6.08 Å². The number of anilines is 1. The van der Waals surface area contributed by atoms with E-state index >= 15 is 0 Å². The monoisotopic (exact) mass is 285 g/mol. The van der Waals surface area contributed by atoms with E-state index in [2.05, 4.69) is 5.32 Å². The Labute approximate surface area is 120 Å². The van der Waals surface area contributed by atoms with Gasteiger partial charge in [-0.05, 0) is 18.2 Å². The summed E-state index contributed by atoms with van der Waals surface area (Å²) in [6, 6.07) is 5.80. The van der Waals surface area contributed by atoms with Crippen LogP contribution in [0.4, 0.5) is 10.1 Å². The van der Waals surface area contributed by atoms with Crippen LogP contribution in [0.3, 0.4) is 0 Å². The van der Waals surface area contributed by atoms with Crippen LogP contribution in [-0.4, -0.2) is 17.8 Å². The van der Waals surface area contributed by atoms with Crippen LogP contribution in [0.1, 0.15) is 0 Å². The Bertz CT molecular complexity index is 691. The molecule has 1 heterocycles. The fraction of sp³-hybridized carbons (Fsp3) is 0.125. The minimum Gasteiger partial charge on any atom is -0.479 e. The zero-order valence-corrected chi connectivity index (χ0v) is 11.0. The van der Waals surface area contributed by atoms with Crippen molar-refractivity contribution < 1.29 is 18.7 Å². The molecule has 1 aliphatic heterocycles. The average molecular weight is 285 g/mol. The highest BCUT2D eigenvalue weighted by Gasteiger charge is 2.33. The number of ketones is 1.